The summed E-state index contributed by atoms with van der Waals surface area (Å²) in [5.74, 6) is 0.0719. The molecular weight excluding hydrogens is 506 g/mol. The van der Waals surface area contributed by atoms with E-state index in [1.807, 2.05) is 0 Å². The van der Waals surface area contributed by atoms with E-state index in [9.17, 15) is 13.2 Å². The second-order valence-electron chi connectivity index (χ2n) is 7.49. The van der Waals surface area contributed by atoms with Crippen molar-refractivity contribution >= 4 is 55.9 Å². The predicted molar refractivity (Wildman–Crippen MR) is 137 cm³/mol. The number of aromatic nitrogens is 2. The van der Waals surface area contributed by atoms with Gasteiger partial charge in [0.25, 0.3) is 15.9 Å². The molecule has 1 amide bonds. The Kier molecular flexibility index (Phi) is 7.53. The van der Waals surface area contributed by atoms with Gasteiger partial charge >= 0.3 is 0 Å². The zero-order valence-corrected chi connectivity index (χ0v) is 20.6. The number of rotatable bonds is 9. The van der Waals surface area contributed by atoms with Gasteiger partial charge in [-0.1, -0.05) is 29.8 Å². The molecule has 1 heterocycles. The Labute approximate surface area is 212 Å². The topological polar surface area (TPSA) is 143 Å². The number of ether oxygens (including phenoxy) is 1. The van der Waals surface area contributed by atoms with Crippen LogP contribution >= 0.6 is 11.6 Å². The van der Waals surface area contributed by atoms with Crippen molar-refractivity contribution in [2.45, 2.75) is 4.90 Å². The van der Waals surface area contributed by atoms with Crippen LogP contribution in [0.5, 0.6) is 5.75 Å². The molecule has 0 aliphatic rings. The van der Waals surface area contributed by atoms with E-state index in [-0.39, 0.29) is 35.2 Å². The van der Waals surface area contributed by atoms with Gasteiger partial charge in [-0.25, -0.2) is 18.4 Å². The van der Waals surface area contributed by atoms with Crippen LogP contribution in [0, 0.1) is 0 Å². The van der Waals surface area contributed by atoms with Crippen molar-refractivity contribution in [3.8, 4) is 5.75 Å². The number of anilines is 3. The number of carbonyl (C=O) groups is 1. The number of halogens is 1. The molecule has 36 heavy (non-hydrogen) atoms. The molecule has 186 valence electrons. The molecular formula is C24H22ClN5O5S. The summed E-state index contributed by atoms with van der Waals surface area (Å²) in [5.41, 5.74) is 1.56. The van der Waals surface area contributed by atoms with Crippen molar-refractivity contribution < 1.29 is 23.1 Å². The smallest absolute Gasteiger partial charge is 0.263 e. The maximum Gasteiger partial charge on any atom is 0.263 e. The number of carbonyl (C=O) groups excluding carboxylic acids is 1. The summed E-state index contributed by atoms with van der Waals surface area (Å²) in [4.78, 5) is 21.1. The van der Waals surface area contributed by atoms with Crippen LogP contribution in [0.3, 0.4) is 0 Å². The lowest BCUT2D eigenvalue weighted by molar-refractivity contribution is 0.0944. The predicted octanol–water partition coefficient (Wildman–Crippen LogP) is 3.56. The lowest BCUT2D eigenvalue weighted by atomic mass is 10.2. The van der Waals surface area contributed by atoms with Crippen LogP contribution in [-0.4, -0.2) is 49.7 Å². The fourth-order valence-corrected chi connectivity index (χ4v) is 4.49. The monoisotopic (exact) mass is 527 g/mol. The molecule has 0 bridgehead atoms. The zero-order valence-electron chi connectivity index (χ0n) is 19.0. The maximum absolute atomic E-state index is 13.3. The minimum absolute atomic E-state index is 0.0442. The summed E-state index contributed by atoms with van der Waals surface area (Å²) >= 11 is 6.33. The van der Waals surface area contributed by atoms with Gasteiger partial charge in [0.05, 0.1) is 40.4 Å². The first-order valence-corrected chi connectivity index (χ1v) is 12.6. The van der Waals surface area contributed by atoms with E-state index in [0.717, 1.165) is 0 Å². The number of hydrogen-bond acceptors (Lipinski definition) is 8. The number of benzene rings is 3. The first-order valence-electron chi connectivity index (χ1n) is 10.7. The fraction of sp³-hybridized carbons (Fsp3) is 0.125. The van der Waals surface area contributed by atoms with E-state index >= 15 is 0 Å². The molecule has 4 rings (SSSR count). The average Bonchev–Trinajstić information content (AvgIpc) is 2.88. The number of aliphatic hydroxyl groups is 1. The average molecular weight is 528 g/mol. The highest BCUT2D eigenvalue weighted by atomic mass is 35.5. The number of fused-ring (bicyclic) bond motifs is 1. The Morgan fingerprint density at radius 1 is 1.00 bits per heavy atom. The first-order chi connectivity index (χ1) is 17.3. The van der Waals surface area contributed by atoms with Crippen molar-refractivity contribution in [3.63, 3.8) is 0 Å². The van der Waals surface area contributed by atoms with Gasteiger partial charge in [0, 0.05) is 18.2 Å². The molecule has 4 N–H and O–H groups in total. The number of nitrogens with one attached hydrogen (secondary N) is 3. The second kappa shape index (κ2) is 10.8. The largest absolute Gasteiger partial charge is 0.497 e. The first kappa shape index (κ1) is 25.2. The van der Waals surface area contributed by atoms with Gasteiger partial charge in [-0.2, -0.15) is 0 Å². The van der Waals surface area contributed by atoms with Crippen molar-refractivity contribution in [1.29, 1.82) is 0 Å². The van der Waals surface area contributed by atoms with Crippen LogP contribution in [0.1, 0.15) is 10.4 Å². The van der Waals surface area contributed by atoms with Crippen molar-refractivity contribution in [1.82, 2.24) is 15.3 Å². The Balaban J connectivity index is 1.73. The second-order valence-corrected chi connectivity index (χ2v) is 9.58. The number of amides is 1. The third-order valence-electron chi connectivity index (χ3n) is 5.03. The third kappa shape index (κ3) is 5.65. The lowest BCUT2D eigenvalue weighted by Gasteiger charge is -2.15. The minimum atomic E-state index is -4.18. The summed E-state index contributed by atoms with van der Waals surface area (Å²) in [6, 6.07) is 17.5. The van der Waals surface area contributed by atoms with E-state index in [1.54, 1.807) is 42.5 Å². The van der Waals surface area contributed by atoms with E-state index in [0.29, 0.717) is 27.5 Å². The van der Waals surface area contributed by atoms with Gasteiger partial charge in [-0.15, -0.1) is 0 Å². The van der Waals surface area contributed by atoms with E-state index in [2.05, 4.69) is 25.3 Å². The molecule has 0 unspecified atom stereocenters. The standard InChI is InChI=1S/C24H22ClN5O5S/c1-35-16-9-10-18(25)21(14-16)29-22-23(28-20-8-3-2-7-19(20)27-22)30-36(33,34)17-6-4-5-15(13-17)24(32)26-11-12-31/h2-10,13-14,31H,11-12H2,1H3,(H,26,32)(H,27,29)(H,28,30). The summed E-state index contributed by atoms with van der Waals surface area (Å²) in [5, 5.41) is 14.8. The van der Waals surface area contributed by atoms with Gasteiger partial charge in [-0.05, 0) is 42.5 Å². The van der Waals surface area contributed by atoms with Gasteiger partial charge in [0.2, 0.25) is 0 Å². The highest BCUT2D eigenvalue weighted by Crippen LogP contribution is 2.32. The molecule has 10 nitrogen and oxygen atoms in total. The zero-order chi connectivity index (χ0) is 25.7. The van der Waals surface area contributed by atoms with Gasteiger partial charge in [0.15, 0.2) is 11.6 Å². The minimum Gasteiger partial charge on any atom is -0.497 e. The normalized spacial score (nSPS) is 11.2. The van der Waals surface area contributed by atoms with Crippen LogP contribution in [0.2, 0.25) is 5.02 Å². The van der Waals surface area contributed by atoms with Crippen LogP contribution in [0.25, 0.3) is 11.0 Å². The molecule has 1 aromatic heterocycles. The lowest BCUT2D eigenvalue weighted by Crippen LogP contribution is -2.26. The van der Waals surface area contributed by atoms with Crippen LogP contribution < -0.4 is 20.1 Å². The van der Waals surface area contributed by atoms with E-state index in [4.69, 9.17) is 21.4 Å². The maximum atomic E-state index is 13.3. The molecule has 3 aromatic carbocycles. The number of sulfonamides is 1. The van der Waals surface area contributed by atoms with E-state index < -0.39 is 15.9 Å². The number of para-hydroxylation sites is 2. The van der Waals surface area contributed by atoms with Crippen molar-refractivity contribution in [3.05, 3.63) is 77.3 Å². The summed E-state index contributed by atoms with van der Waals surface area (Å²) in [7, 11) is -2.66. The summed E-state index contributed by atoms with van der Waals surface area (Å²) < 4.78 is 34.3. The highest BCUT2D eigenvalue weighted by Gasteiger charge is 2.21. The number of nitrogens with zero attached hydrogens (tertiary/aromatic N) is 2. The van der Waals surface area contributed by atoms with Crippen molar-refractivity contribution in [2.24, 2.45) is 0 Å². The van der Waals surface area contributed by atoms with Crippen LogP contribution in [0.4, 0.5) is 17.3 Å². The Morgan fingerprint density at radius 2 is 1.72 bits per heavy atom. The third-order valence-corrected chi connectivity index (χ3v) is 6.70. The summed E-state index contributed by atoms with van der Waals surface area (Å²) in [6.07, 6.45) is 0. The SMILES string of the molecule is COc1ccc(Cl)c(Nc2nc3ccccc3nc2NS(=O)(=O)c2cccc(C(=O)NCCO)c2)c1. The summed E-state index contributed by atoms with van der Waals surface area (Å²) in [6.45, 7) is -0.193. The van der Waals surface area contributed by atoms with Gasteiger partial charge in [-0.3, -0.25) is 9.52 Å². The molecule has 0 saturated heterocycles. The molecule has 0 aliphatic heterocycles. The van der Waals surface area contributed by atoms with Crippen molar-refractivity contribution in [2.75, 3.05) is 30.3 Å². The molecule has 0 saturated carbocycles. The molecule has 0 radical (unpaired) electrons. The molecule has 0 spiro atoms. The Morgan fingerprint density at radius 3 is 2.42 bits per heavy atom. The molecule has 12 heteroatoms. The van der Waals surface area contributed by atoms with E-state index in [1.165, 1.54) is 31.4 Å². The quantitative estimate of drug-likeness (QED) is 0.259. The fourth-order valence-electron chi connectivity index (χ4n) is 3.28. The number of aliphatic hydroxyl groups excluding tert-OH is 1. The molecule has 0 fully saturated rings. The van der Waals surface area contributed by atoms with Crippen LogP contribution in [-0.2, 0) is 10.0 Å². The number of hydrogen-bond donors (Lipinski definition) is 4. The highest BCUT2D eigenvalue weighted by molar-refractivity contribution is 7.92. The molecule has 0 aliphatic carbocycles. The Hall–Kier alpha value is -3.93. The number of methoxy groups -OCH3 is 1. The molecule has 0 atom stereocenters. The van der Waals surface area contributed by atoms with Crippen LogP contribution in [0.15, 0.2) is 71.6 Å². The Bertz CT molecular complexity index is 1530. The van der Waals surface area contributed by atoms with Gasteiger partial charge < -0.3 is 20.5 Å². The van der Waals surface area contributed by atoms with Gasteiger partial charge in [0.1, 0.15) is 5.75 Å². The molecule has 4 aromatic rings.